The normalized spacial score (nSPS) is 10.4. The Morgan fingerprint density at radius 1 is 1.47 bits per heavy atom. The Hall–Kier alpha value is -1.78. The van der Waals surface area contributed by atoms with Crippen molar-refractivity contribution >= 4 is 6.03 Å². The fraction of sp³-hybridized carbons (Fsp3) is 0.571. The van der Waals surface area contributed by atoms with Crippen molar-refractivity contribution in [1.82, 2.24) is 15.2 Å². The first-order chi connectivity index (χ1) is 9.04. The molecular weight excluding hydrogens is 242 g/mol. The SMILES string of the molecule is CCOc1cccc(CCNC(=O)N(C)C(C)C)n1. The summed E-state index contributed by atoms with van der Waals surface area (Å²) in [5, 5.41) is 2.87. The van der Waals surface area contributed by atoms with Crippen LogP contribution in [-0.2, 0) is 6.42 Å². The number of hydrogen-bond donors (Lipinski definition) is 1. The first-order valence-electron chi connectivity index (χ1n) is 6.64. The molecule has 1 heterocycles. The van der Waals surface area contributed by atoms with Crippen molar-refractivity contribution in [3.63, 3.8) is 0 Å². The molecule has 0 fully saturated rings. The number of urea groups is 1. The molecule has 0 unspecified atom stereocenters. The molecule has 0 spiro atoms. The summed E-state index contributed by atoms with van der Waals surface area (Å²) < 4.78 is 5.34. The lowest BCUT2D eigenvalue weighted by Crippen LogP contribution is -2.41. The van der Waals surface area contributed by atoms with Gasteiger partial charge in [0.1, 0.15) is 0 Å². The second kappa shape index (κ2) is 7.61. The van der Waals surface area contributed by atoms with Crippen molar-refractivity contribution in [3.8, 4) is 5.88 Å². The van der Waals surface area contributed by atoms with E-state index in [2.05, 4.69) is 10.3 Å². The maximum Gasteiger partial charge on any atom is 0.317 e. The smallest absolute Gasteiger partial charge is 0.317 e. The summed E-state index contributed by atoms with van der Waals surface area (Å²) in [5.74, 6) is 0.630. The molecular formula is C14H23N3O2. The molecule has 5 heteroatoms. The number of carbonyl (C=O) groups excluding carboxylic acids is 1. The van der Waals surface area contributed by atoms with Gasteiger partial charge in [0, 0.05) is 37.8 Å². The molecule has 1 N–H and O–H groups in total. The van der Waals surface area contributed by atoms with E-state index in [1.165, 1.54) is 0 Å². The highest BCUT2D eigenvalue weighted by Crippen LogP contribution is 2.07. The maximum atomic E-state index is 11.7. The van der Waals surface area contributed by atoms with Crippen LogP contribution < -0.4 is 10.1 Å². The van der Waals surface area contributed by atoms with E-state index >= 15 is 0 Å². The number of hydrogen-bond acceptors (Lipinski definition) is 3. The number of amides is 2. The largest absolute Gasteiger partial charge is 0.478 e. The van der Waals surface area contributed by atoms with Crippen molar-refractivity contribution in [2.45, 2.75) is 33.2 Å². The van der Waals surface area contributed by atoms with Gasteiger partial charge in [-0.25, -0.2) is 9.78 Å². The molecule has 1 rings (SSSR count). The number of nitrogens with zero attached hydrogens (tertiary/aromatic N) is 2. The van der Waals surface area contributed by atoms with E-state index in [0.717, 1.165) is 5.69 Å². The van der Waals surface area contributed by atoms with Gasteiger partial charge >= 0.3 is 6.03 Å². The van der Waals surface area contributed by atoms with E-state index in [1.807, 2.05) is 39.0 Å². The van der Waals surface area contributed by atoms with Gasteiger partial charge in [0.2, 0.25) is 5.88 Å². The van der Waals surface area contributed by atoms with E-state index in [-0.39, 0.29) is 12.1 Å². The Balaban J connectivity index is 2.40. The van der Waals surface area contributed by atoms with Crippen molar-refractivity contribution in [2.24, 2.45) is 0 Å². The first-order valence-corrected chi connectivity index (χ1v) is 6.64. The number of rotatable bonds is 6. The van der Waals surface area contributed by atoms with Crippen LogP contribution in [0, 0.1) is 0 Å². The van der Waals surface area contributed by atoms with Gasteiger partial charge in [-0.05, 0) is 26.8 Å². The zero-order valence-electron chi connectivity index (χ0n) is 12.1. The van der Waals surface area contributed by atoms with Gasteiger partial charge in [0.05, 0.1) is 6.61 Å². The lowest BCUT2D eigenvalue weighted by molar-refractivity contribution is 0.198. The van der Waals surface area contributed by atoms with Crippen molar-refractivity contribution in [3.05, 3.63) is 23.9 Å². The second-order valence-electron chi connectivity index (χ2n) is 4.59. The van der Waals surface area contributed by atoms with E-state index < -0.39 is 0 Å². The van der Waals surface area contributed by atoms with Gasteiger partial charge in [-0.1, -0.05) is 6.07 Å². The molecule has 0 aliphatic carbocycles. The Morgan fingerprint density at radius 2 is 2.21 bits per heavy atom. The van der Waals surface area contributed by atoms with Gasteiger partial charge in [-0.3, -0.25) is 0 Å². The Kier molecular flexibility index (Phi) is 6.12. The summed E-state index contributed by atoms with van der Waals surface area (Å²) in [5.41, 5.74) is 0.915. The number of ether oxygens (including phenoxy) is 1. The molecule has 0 radical (unpaired) electrons. The third kappa shape index (κ3) is 5.16. The molecule has 2 amide bonds. The predicted molar refractivity (Wildman–Crippen MR) is 75.4 cm³/mol. The third-order valence-electron chi connectivity index (χ3n) is 2.83. The maximum absolute atomic E-state index is 11.7. The fourth-order valence-electron chi connectivity index (χ4n) is 1.48. The number of carbonyl (C=O) groups is 1. The Morgan fingerprint density at radius 3 is 2.84 bits per heavy atom. The minimum atomic E-state index is -0.0593. The van der Waals surface area contributed by atoms with Crippen LogP contribution >= 0.6 is 0 Å². The van der Waals surface area contributed by atoms with Crippen LogP contribution in [0.5, 0.6) is 5.88 Å². The molecule has 1 aromatic rings. The summed E-state index contributed by atoms with van der Waals surface area (Å²) >= 11 is 0. The van der Waals surface area contributed by atoms with Crippen LogP contribution in [0.15, 0.2) is 18.2 Å². The summed E-state index contributed by atoms with van der Waals surface area (Å²) in [6.45, 7) is 7.06. The average Bonchev–Trinajstić information content (AvgIpc) is 2.38. The third-order valence-corrected chi connectivity index (χ3v) is 2.83. The van der Waals surface area contributed by atoms with Gasteiger partial charge in [-0.2, -0.15) is 0 Å². The molecule has 1 aromatic heterocycles. The lowest BCUT2D eigenvalue weighted by Gasteiger charge is -2.21. The highest BCUT2D eigenvalue weighted by Gasteiger charge is 2.10. The van der Waals surface area contributed by atoms with Crippen LogP contribution in [0.1, 0.15) is 26.5 Å². The van der Waals surface area contributed by atoms with E-state index in [4.69, 9.17) is 4.74 Å². The van der Waals surface area contributed by atoms with Crippen molar-refractivity contribution < 1.29 is 9.53 Å². The summed E-state index contributed by atoms with van der Waals surface area (Å²) in [4.78, 5) is 17.7. The summed E-state index contributed by atoms with van der Waals surface area (Å²) in [7, 11) is 1.79. The zero-order valence-corrected chi connectivity index (χ0v) is 12.1. The van der Waals surface area contributed by atoms with Crippen LogP contribution in [0.4, 0.5) is 4.79 Å². The van der Waals surface area contributed by atoms with Crippen LogP contribution in [0.3, 0.4) is 0 Å². The topological polar surface area (TPSA) is 54.5 Å². The van der Waals surface area contributed by atoms with Crippen LogP contribution in [0.2, 0.25) is 0 Å². The van der Waals surface area contributed by atoms with E-state index in [1.54, 1.807) is 11.9 Å². The van der Waals surface area contributed by atoms with Gasteiger partial charge in [0.25, 0.3) is 0 Å². The van der Waals surface area contributed by atoms with Crippen LogP contribution in [-0.4, -0.2) is 42.2 Å². The lowest BCUT2D eigenvalue weighted by atomic mass is 10.2. The highest BCUT2D eigenvalue weighted by atomic mass is 16.5. The predicted octanol–water partition coefficient (Wildman–Crippen LogP) is 2.07. The van der Waals surface area contributed by atoms with Crippen LogP contribution in [0.25, 0.3) is 0 Å². The van der Waals surface area contributed by atoms with E-state index in [9.17, 15) is 4.79 Å². The first kappa shape index (κ1) is 15.3. The average molecular weight is 265 g/mol. The molecule has 5 nitrogen and oxygen atoms in total. The molecule has 0 aliphatic rings. The molecule has 19 heavy (non-hydrogen) atoms. The quantitative estimate of drug-likeness (QED) is 0.856. The minimum absolute atomic E-state index is 0.0593. The number of pyridine rings is 1. The van der Waals surface area contributed by atoms with Crippen molar-refractivity contribution in [2.75, 3.05) is 20.2 Å². The minimum Gasteiger partial charge on any atom is -0.478 e. The molecule has 0 saturated carbocycles. The number of nitrogens with one attached hydrogen (secondary N) is 1. The Labute approximate surface area is 115 Å². The summed E-state index contributed by atoms with van der Waals surface area (Å²) in [6, 6.07) is 5.81. The molecule has 0 aromatic carbocycles. The molecule has 0 atom stereocenters. The van der Waals surface area contributed by atoms with Gasteiger partial charge < -0.3 is 15.0 Å². The van der Waals surface area contributed by atoms with Crippen molar-refractivity contribution in [1.29, 1.82) is 0 Å². The molecule has 106 valence electrons. The number of aromatic nitrogens is 1. The molecule has 0 bridgehead atoms. The van der Waals surface area contributed by atoms with Gasteiger partial charge in [0.15, 0.2) is 0 Å². The zero-order chi connectivity index (χ0) is 14.3. The van der Waals surface area contributed by atoms with Gasteiger partial charge in [-0.15, -0.1) is 0 Å². The standard InChI is InChI=1S/C14H23N3O2/c1-5-19-13-8-6-7-12(16-13)9-10-15-14(18)17(4)11(2)3/h6-8,11H,5,9-10H2,1-4H3,(H,15,18). The highest BCUT2D eigenvalue weighted by molar-refractivity contribution is 5.74. The second-order valence-corrected chi connectivity index (χ2v) is 4.59. The fourth-order valence-corrected chi connectivity index (χ4v) is 1.48. The summed E-state index contributed by atoms with van der Waals surface area (Å²) in [6.07, 6.45) is 0.693. The van der Waals surface area contributed by atoms with E-state index in [0.29, 0.717) is 25.5 Å². The monoisotopic (exact) mass is 265 g/mol. The molecule has 0 aliphatic heterocycles. The molecule has 0 saturated heterocycles. The Bertz CT molecular complexity index is 407.